The summed E-state index contributed by atoms with van der Waals surface area (Å²) in [7, 11) is 3.18. The van der Waals surface area contributed by atoms with Crippen molar-refractivity contribution in [1.82, 2.24) is 9.88 Å². The molecule has 4 heteroatoms. The van der Waals surface area contributed by atoms with Crippen LogP contribution in [0.4, 0.5) is 4.39 Å². The Kier molecular flexibility index (Phi) is 2.38. The Morgan fingerprint density at radius 2 is 2.25 bits per heavy atom. The molecule has 0 unspecified atom stereocenters. The minimum atomic E-state index is -0.449. The average Bonchev–Trinajstić information content (AvgIpc) is 2.03. The van der Waals surface area contributed by atoms with Crippen LogP contribution in [-0.2, 0) is 0 Å². The number of aromatic nitrogens is 1. The molecule has 0 aliphatic heterocycles. The van der Waals surface area contributed by atoms with Crippen LogP contribution in [0.5, 0.6) is 0 Å². The van der Waals surface area contributed by atoms with Crippen molar-refractivity contribution in [1.29, 1.82) is 0 Å². The van der Waals surface area contributed by atoms with Gasteiger partial charge < -0.3 is 4.90 Å². The highest BCUT2D eigenvalue weighted by atomic mass is 19.1. The minimum Gasteiger partial charge on any atom is -0.343 e. The van der Waals surface area contributed by atoms with Crippen molar-refractivity contribution in [2.75, 3.05) is 14.1 Å². The maximum Gasteiger partial charge on any atom is 0.272 e. The zero-order valence-electron chi connectivity index (χ0n) is 6.91. The van der Waals surface area contributed by atoms with Crippen molar-refractivity contribution in [2.24, 2.45) is 0 Å². The fourth-order valence-corrected chi connectivity index (χ4v) is 0.751. The molecule has 0 saturated carbocycles. The van der Waals surface area contributed by atoms with Crippen LogP contribution in [0.25, 0.3) is 0 Å². The number of carbonyl (C=O) groups is 1. The zero-order valence-corrected chi connectivity index (χ0v) is 6.91. The quantitative estimate of drug-likeness (QED) is 0.624. The van der Waals surface area contributed by atoms with Crippen LogP contribution in [0.2, 0.25) is 0 Å². The molecule has 0 aromatic carbocycles. The predicted molar refractivity (Wildman–Crippen MR) is 42.2 cm³/mol. The number of carbonyl (C=O) groups excluding carboxylic acids is 1. The molecule has 1 aromatic rings. The molecule has 3 nitrogen and oxygen atoms in total. The topological polar surface area (TPSA) is 33.2 Å². The molecular weight excluding hydrogens is 159 g/mol. The van der Waals surface area contributed by atoms with Crippen molar-refractivity contribution in [3.63, 3.8) is 0 Å². The van der Waals surface area contributed by atoms with Crippen molar-refractivity contribution < 1.29 is 9.18 Å². The largest absolute Gasteiger partial charge is 0.343 e. The van der Waals surface area contributed by atoms with Gasteiger partial charge in [-0.3, -0.25) is 9.78 Å². The molecule has 1 heterocycles. The Balaban J connectivity index is 2.96. The van der Waals surface area contributed by atoms with E-state index in [-0.39, 0.29) is 11.6 Å². The van der Waals surface area contributed by atoms with Gasteiger partial charge in [0.25, 0.3) is 5.91 Å². The number of hydrogen-bond donors (Lipinski definition) is 0. The first-order chi connectivity index (χ1) is 5.61. The molecule has 0 saturated heterocycles. The second-order valence-electron chi connectivity index (χ2n) is 2.56. The molecule has 0 aliphatic carbocycles. The van der Waals surface area contributed by atoms with Crippen molar-refractivity contribution in [3.8, 4) is 0 Å². The van der Waals surface area contributed by atoms with Crippen LogP contribution in [-0.4, -0.2) is 29.9 Å². The molecule has 12 heavy (non-hydrogen) atoms. The molecule has 0 fully saturated rings. The Bertz CT molecular complexity index is 299. The van der Waals surface area contributed by atoms with Crippen molar-refractivity contribution >= 4 is 5.91 Å². The normalized spacial score (nSPS) is 9.58. The SMILES string of the molecule is CN(C)C(=O)c1cc(F)ccn1. The van der Waals surface area contributed by atoms with Crippen LogP contribution in [0.3, 0.4) is 0 Å². The summed E-state index contributed by atoms with van der Waals surface area (Å²) in [4.78, 5) is 16.3. The second-order valence-corrected chi connectivity index (χ2v) is 2.56. The molecule has 1 aromatic heterocycles. The van der Waals surface area contributed by atoms with Gasteiger partial charge in [0.15, 0.2) is 0 Å². The molecule has 0 aliphatic rings. The van der Waals surface area contributed by atoms with Crippen LogP contribution < -0.4 is 0 Å². The average molecular weight is 168 g/mol. The lowest BCUT2D eigenvalue weighted by atomic mass is 10.3. The maximum absolute atomic E-state index is 12.6. The fraction of sp³-hybridized carbons (Fsp3) is 0.250. The van der Waals surface area contributed by atoms with Gasteiger partial charge >= 0.3 is 0 Å². The van der Waals surface area contributed by atoms with E-state index >= 15 is 0 Å². The smallest absolute Gasteiger partial charge is 0.272 e. The lowest BCUT2D eigenvalue weighted by Crippen LogP contribution is -2.22. The number of amides is 1. The molecule has 0 atom stereocenters. The maximum atomic E-state index is 12.6. The molecule has 0 spiro atoms. The first kappa shape index (κ1) is 8.64. The van der Waals surface area contributed by atoms with Crippen LogP contribution >= 0.6 is 0 Å². The van der Waals surface area contributed by atoms with Gasteiger partial charge in [-0.1, -0.05) is 0 Å². The van der Waals surface area contributed by atoms with Gasteiger partial charge in [0.05, 0.1) is 0 Å². The van der Waals surface area contributed by atoms with E-state index in [1.165, 1.54) is 17.2 Å². The van der Waals surface area contributed by atoms with Crippen LogP contribution in [0.1, 0.15) is 10.5 Å². The summed E-state index contributed by atoms with van der Waals surface area (Å²) in [6, 6.07) is 2.31. The summed E-state index contributed by atoms with van der Waals surface area (Å²) in [5.41, 5.74) is 0.125. The number of halogens is 1. The highest BCUT2D eigenvalue weighted by Crippen LogP contribution is 2.01. The third kappa shape index (κ3) is 1.78. The number of nitrogens with zero attached hydrogens (tertiary/aromatic N) is 2. The van der Waals surface area contributed by atoms with E-state index in [1.54, 1.807) is 14.1 Å². The van der Waals surface area contributed by atoms with Gasteiger partial charge in [-0.05, 0) is 6.07 Å². The van der Waals surface area contributed by atoms with Crippen LogP contribution in [0, 0.1) is 5.82 Å². The van der Waals surface area contributed by atoms with Crippen LogP contribution in [0.15, 0.2) is 18.3 Å². The molecule has 1 rings (SSSR count). The van der Waals surface area contributed by atoms with E-state index in [0.29, 0.717) is 0 Å². The summed E-state index contributed by atoms with van der Waals surface area (Å²) in [6.07, 6.45) is 1.27. The van der Waals surface area contributed by atoms with E-state index < -0.39 is 5.82 Å². The van der Waals surface area contributed by atoms with E-state index in [0.717, 1.165) is 6.07 Å². The Morgan fingerprint density at radius 3 is 2.75 bits per heavy atom. The third-order valence-electron chi connectivity index (χ3n) is 1.35. The van der Waals surface area contributed by atoms with Gasteiger partial charge in [-0.25, -0.2) is 4.39 Å². The highest BCUT2D eigenvalue weighted by Gasteiger charge is 2.09. The Hall–Kier alpha value is -1.45. The highest BCUT2D eigenvalue weighted by molar-refractivity contribution is 5.91. The van der Waals surface area contributed by atoms with E-state index in [9.17, 15) is 9.18 Å². The summed E-state index contributed by atoms with van der Waals surface area (Å²) >= 11 is 0. The predicted octanol–water partition coefficient (Wildman–Crippen LogP) is 0.922. The molecular formula is C8H9FN2O. The van der Waals surface area contributed by atoms with E-state index in [2.05, 4.69) is 4.98 Å². The van der Waals surface area contributed by atoms with Crippen molar-refractivity contribution in [2.45, 2.75) is 0 Å². The standard InChI is InChI=1S/C8H9FN2O/c1-11(2)8(12)7-5-6(9)3-4-10-7/h3-5H,1-2H3. The Labute approximate surface area is 69.8 Å². The number of pyridine rings is 1. The molecule has 0 radical (unpaired) electrons. The van der Waals surface area contributed by atoms with Gasteiger partial charge in [0.2, 0.25) is 0 Å². The summed E-state index contributed by atoms with van der Waals surface area (Å²) < 4.78 is 12.6. The van der Waals surface area contributed by atoms with Gasteiger partial charge in [0.1, 0.15) is 11.5 Å². The molecule has 0 N–H and O–H groups in total. The molecule has 0 bridgehead atoms. The first-order valence-corrected chi connectivity index (χ1v) is 3.44. The van der Waals surface area contributed by atoms with E-state index in [1.807, 2.05) is 0 Å². The lowest BCUT2D eigenvalue weighted by Gasteiger charge is -2.08. The lowest BCUT2D eigenvalue weighted by molar-refractivity contribution is 0.0821. The molecule has 64 valence electrons. The summed E-state index contributed by atoms with van der Waals surface area (Å²) in [5, 5.41) is 0. The first-order valence-electron chi connectivity index (χ1n) is 3.44. The van der Waals surface area contributed by atoms with E-state index in [4.69, 9.17) is 0 Å². The fourth-order valence-electron chi connectivity index (χ4n) is 0.751. The zero-order chi connectivity index (χ0) is 9.14. The monoisotopic (exact) mass is 168 g/mol. The summed E-state index contributed by atoms with van der Waals surface area (Å²) in [5.74, 6) is -0.746. The Morgan fingerprint density at radius 1 is 1.58 bits per heavy atom. The number of hydrogen-bond acceptors (Lipinski definition) is 2. The number of rotatable bonds is 1. The van der Waals surface area contributed by atoms with Gasteiger partial charge in [-0.2, -0.15) is 0 Å². The molecule has 1 amide bonds. The second kappa shape index (κ2) is 3.30. The van der Waals surface area contributed by atoms with Crippen molar-refractivity contribution in [3.05, 3.63) is 29.8 Å². The van der Waals surface area contributed by atoms with Gasteiger partial charge in [-0.15, -0.1) is 0 Å². The third-order valence-corrected chi connectivity index (χ3v) is 1.35. The van der Waals surface area contributed by atoms with Gasteiger partial charge in [0, 0.05) is 26.4 Å². The minimum absolute atomic E-state index is 0.125. The summed E-state index contributed by atoms with van der Waals surface area (Å²) in [6.45, 7) is 0.